The molecule has 1 aliphatic rings. The molecule has 0 amide bonds. The highest BCUT2D eigenvalue weighted by atomic mass is 31.1. The Balaban J connectivity index is 2.15. The highest BCUT2D eigenvalue weighted by molar-refractivity contribution is 7.57. The van der Waals surface area contributed by atoms with Gasteiger partial charge in [0, 0.05) is 11.3 Å². The number of nitrogens with two attached hydrogens (primary N) is 1. The molecule has 1 heterocycles. The van der Waals surface area contributed by atoms with Crippen LogP contribution >= 0.6 is 8.07 Å². The second-order valence-corrected chi connectivity index (χ2v) is 6.99. The molecule has 1 aromatic rings. The maximum atomic E-state index is 6.57. The SMILES string of the molecule is C=C/C=C\C(=C/C)[C@@H]1CC[C@@H](c2ccccc2)P1N. The van der Waals surface area contributed by atoms with Gasteiger partial charge in [0.25, 0.3) is 0 Å². The van der Waals surface area contributed by atoms with Crippen LogP contribution in [0, 0.1) is 0 Å². The van der Waals surface area contributed by atoms with Gasteiger partial charge in [0.2, 0.25) is 0 Å². The zero-order chi connectivity index (χ0) is 13.7. The van der Waals surface area contributed by atoms with Crippen molar-refractivity contribution in [1.29, 1.82) is 0 Å². The summed E-state index contributed by atoms with van der Waals surface area (Å²) in [6.07, 6.45) is 10.6. The summed E-state index contributed by atoms with van der Waals surface area (Å²) in [5.74, 6) is 0. The molecule has 0 radical (unpaired) electrons. The van der Waals surface area contributed by atoms with Crippen molar-refractivity contribution in [2.24, 2.45) is 5.50 Å². The highest BCUT2D eigenvalue weighted by Gasteiger charge is 2.35. The lowest BCUT2D eigenvalue weighted by Gasteiger charge is -2.22. The predicted molar refractivity (Wildman–Crippen MR) is 86.4 cm³/mol. The van der Waals surface area contributed by atoms with Gasteiger partial charge < -0.3 is 5.50 Å². The van der Waals surface area contributed by atoms with Crippen LogP contribution in [0.4, 0.5) is 0 Å². The minimum Gasteiger partial charge on any atom is -0.309 e. The molecule has 1 aromatic carbocycles. The molecule has 1 nitrogen and oxygen atoms in total. The van der Waals surface area contributed by atoms with E-state index in [1.165, 1.54) is 24.0 Å². The largest absolute Gasteiger partial charge is 0.309 e. The van der Waals surface area contributed by atoms with Crippen LogP contribution in [0.15, 0.2) is 66.8 Å². The van der Waals surface area contributed by atoms with Crippen molar-refractivity contribution in [3.8, 4) is 0 Å². The van der Waals surface area contributed by atoms with Gasteiger partial charge in [0.15, 0.2) is 0 Å². The standard InChI is InChI=1S/C17H22NP/c1-3-5-9-14(4-2)16-12-13-17(19(16)18)15-10-7-6-8-11-15/h3-11,16-17H,1,12-13,18H2,2H3/b9-5-,14-4+/t16-,17-,19?/m0/s1. The van der Waals surface area contributed by atoms with Gasteiger partial charge in [-0.05, 0) is 39.0 Å². The van der Waals surface area contributed by atoms with Gasteiger partial charge in [-0.1, -0.05) is 61.2 Å². The van der Waals surface area contributed by atoms with Crippen LogP contribution in [-0.2, 0) is 0 Å². The zero-order valence-corrected chi connectivity index (χ0v) is 12.4. The van der Waals surface area contributed by atoms with Gasteiger partial charge in [0.1, 0.15) is 0 Å². The van der Waals surface area contributed by atoms with Crippen LogP contribution in [-0.4, -0.2) is 5.66 Å². The molecule has 0 spiro atoms. The van der Waals surface area contributed by atoms with Gasteiger partial charge in [0.05, 0.1) is 0 Å². The smallest absolute Gasteiger partial charge is 0.0176 e. The molecule has 1 saturated heterocycles. The van der Waals surface area contributed by atoms with Crippen LogP contribution in [0.5, 0.6) is 0 Å². The third kappa shape index (κ3) is 3.23. The Morgan fingerprint density at radius 2 is 2.05 bits per heavy atom. The lowest BCUT2D eigenvalue weighted by Crippen LogP contribution is -2.08. The van der Waals surface area contributed by atoms with Crippen molar-refractivity contribution >= 4 is 8.07 Å². The molecule has 1 unspecified atom stereocenters. The van der Waals surface area contributed by atoms with Crippen molar-refractivity contribution < 1.29 is 0 Å². The first-order valence-electron chi connectivity index (χ1n) is 6.81. The molecule has 0 aromatic heterocycles. The molecule has 1 aliphatic heterocycles. The molecule has 0 bridgehead atoms. The lowest BCUT2D eigenvalue weighted by molar-refractivity contribution is 0.785. The number of rotatable bonds is 4. The quantitative estimate of drug-likeness (QED) is 0.609. The van der Waals surface area contributed by atoms with Crippen molar-refractivity contribution in [2.45, 2.75) is 31.1 Å². The molecule has 100 valence electrons. The van der Waals surface area contributed by atoms with Crippen molar-refractivity contribution in [3.63, 3.8) is 0 Å². The van der Waals surface area contributed by atoms with E-state index in [4.69, 9.17) is 5.50 Å². The molecule has 1 fully saturated rings. The third-order valence-corrected chi connectivity index (χ3v) is 6.31. The molecule has 3 atom stereocenters. The van der Waals surface area contributed by atoms with Crippen molar-refractivity contribution in [3.05, 3.63) is 72.4 Å². The number of hydrogen-bond acceptors (Lipinski definition) is 1. The normalized spacial score (nSPS) is 27.9. The minimum absolute atomic E-state index is 0.484. The first kappa shape index (κ1) is 14.2. The predicted octanol–water partition coefficient (Wildman–Crippen LogP) is 4.93. The van der Waals surface area contributed by atoms with Crippen LogP contribution in [0.25, 0.3) is 0 Å². The van der Waals surface area contributed by atoms with Crippen LogP contribution in [0.3, 0.4) is 0 Å². The Morgan fingerprint density at radius 3 is 2.68 bits per heavy atom. The molecular formula is C17H22NP. The third-order valence-electron chi connectivity index (χ3n) is 3.76. The average molecular weight is 271 g/mol. The number of benzene rings is 1. The summed E-state index contributed by atoms with van der Waals surface area (Å²) in [6, 6.07) is 10.7. The fraction of sp³-hybridized carbons (Fsp3) is 0.294. The first-order chi connectivity index (χ1) is 9.27. The maximum absolute atomic E-state index is 6.57. The highest BCUT2D eigenvalue weighted by Crippen LogP contribution is 2.60. The molecule has 2 rings (SSSR count). The van der Waals surface area contributed by atoms with Crippen LogP contribution < -0.4 is 5.50 Å². The summed E-state index contributed by atoms with van der Waals surface area (Å²) in [4.78, 5) is 0. The van der Waals surface area contributed by atoms with Crippen molar-refractivity contribution in [2.75, 3.05) is 0 Å². The molecule has 0 saturated carbocycles. The zero-order valence-electron chi connectivity index (χ0n) is 11.5. The van der Waals surface area contributed by atoms with E-state index in [2.05, 4.69) is 56.0 Å². The summed E-state index contributed by atoms with van der Waals surface area (Å²) in [7, 11) is -0.484. The van der Waals surface area contributed by atoms with Gasteiger partial charge >= 0.3 is 0 Å². The van der Waals surface area contributed by atoms with Gasteiger partial charge in [-0.25, -0.2) is 0 Å². The second kappa shape index (κ2) is 6.84. The van der Waals surface area contributed by atoms with E-state index in [0.29, 0.717) is 11.3 Å². The average Bonchev–Trinajstić information content (AvgIpc) is 2.83. The Labute approximate surface area is 117 Å². The van der Waals surface area contributed by atoms with E-state index in [0.717, 1.165) is 0 Å². The first-order valence-corrected chi connectivity index (χ1v) is 8.36. The fourth-order valence-corrected chi connectivity index (χ4v) is 5.19. The van der Waals surface area contributed by atoms with Crippen LogP contribution in [0.1, 0.15) is 31.0 Å². The van der Waals surface area contributed by atoms with Crippen molar-refractivity contribution in [1.82, 2.24) is 0 Å². The fourth-order valence-electron chi connectivity index (χ4n) is 2.76. The van der Waals surface area contributed by atoms with E-state index in [9.17, 15) is 0 Å². The van der Waals surface area contributed by atoms with E-state index >= 15 is 0 Å². The van der Waals surface area contributed by atoms with Gasteiger partial charge in [-0.15, -0.1) is 0 Å². The summed E-state index contributed by atoms with van der Waals surface area (Å²) < 4.78 is 0. The van der Waals surface area contributed by atoms with E-state index in [1.807, 2.05) is 12.2 Å². The Kier molecular flexibility index (Phi) is 5.13. The van der Waals surface area contributed by atoms with Gasteiger partial charge in [-0.3, -0.25) is 0 Å². The Morgan fingerprint density at radius 1 is 1.32 bits per heavy atom. The molecular weight excluding hydrogens is 249 g/mol. The summed E-state index contributed by atoms with van der Waals surface area (Å²) in [6.45, 7) is 5.83. The van der Waals surface area contributed by atoms with E-state index in [-0.39, 0.29) is 0 Å². The second-order valence-electron chi connectivity index (χ2n) is 4.85. The topological polar surface area (TPSA) is 26.0 Å². The van der Waals surface area contributed by atoms with Crippen LogP contribution in [0.2, 0.25) is 0 Å². The Bertz CT molecular complexity index is 475. The molecule has 0 aliphatic carbocycles. The Hall–Kier alpha value is -1.17. The number of hydrogen-bond donors (Lipinski definition) is 1. The number of allylic oxidation sites excluding steroid dienone is 5. The summed E-state index contributed by atoms with van der Waals surface area (Å²) >= 11 is 0. The van der Waals surface area contributed by atoms with E-state index < -0.39 is 8.07 Å². The molecule has 19 heavy (non-hydrogen) atoms. The lowest BCUT2D eigenvalue weighted by atomic mass is 10.0. The molecule has 2 N–H and O–H groups in total. The minimum atomic E-state index is -0.484. The monoisotopic (exact) mass is 271 g/mol. The summed E-state index contributed by atoms with van der Waals surface area (Å²) in [5, 5.41) is 0. The maximum Gasteiger partial charge on any atom is 0.0176 e. The van der Waals surface area contributed by atoms with Gasteiger partial charge in [-0.2, -0.15) is 0 Å². The van der Waals surface area contributed by atoms with E-state index in [1.54, 1.807) is 0 Å². The summed E-state index contributed by atoms with van der Waals surface area (Å²) in [5.41, 5.74) is 10.4. The molecule has 2 heteroatoms.